The van der Waals surface area contributed by atoms with Gasteiger partial charge in [0.05, 0.1) is 6.42 Å². The number of carbonyl (C=O) groups is 1. The maximum absolute atomic E-state index is 12.4. The lowest BCUT2D eigenvalue weighted by molar-refractivity contribution is -0.144. The lowest BCUT2D eigenvalue weighted by Gasteiger charge is -2.10. The van der Waals surface area contributed by atoms with Gasteiger partial charge in [-0.05, 0) is 34.9 Å². The third kappa shape index (κ3) is 4.52. The molecular weight excluding hydrogens is 378 g/mol. The summed E-state index contributed by atoms with van der Waals surface area (Å²) in [6, 6.07) is 21.6. The van der Waals surface area contributed by atoms with Crippen molar-refractivity contribution in [3.8, 4) is 0 Å². The molecule has 150 valence electrons. The summed E-state index contributed by atoms with van der Waals surface area (Å²) in [5.74, 6) is 0.279. The summed E-state index contributed by atoms with van der Waals surface area (Å²) in [5, 5.41) is 5.24. The zero-order valence-electron chi connectivity index (χ0n) is 16.5. The number of nitrogens with two attached hydrogens (primary N) is 1. The normalized spacial score (nSPS) is 10.7. The number of esters is 1. The molecule has 0 aliphatic rings. The molecule has 0 saturated heterocycles. The smallest absolute Gasteiger partial charge is 0.310 e. The number of hydrogen-bond acceptors (Lipinski definition) is 7. The van der Waals surface area contributed by atoms with E-state index in [1.165, 1.54) is 0 Å². The third-order valence-corrected chi connectivity index (χ3v) is 4.67. The molecule has 0 unspecified atom stereocenters. The average Bonchev–Trinajstić information content (AvgIpc) is 2.74. The molecule has 0 saturated carbocycles. The zero-order chi connectivity index (χ0) is 20.9. The van der Waals surface area contributed by atoms with Crippen molar-refractivity contribution in [1.29, 1.82) is 0 Å². The van der Waals surface area contributed by atoms with Crippen LogP contribution in [-0.4, -0.2) is 20.9 Å². The summed E-state index contributed by atoms with van der Waals surface area (Å²) >= 11 is 0. The molecule has 0 radical (unpaired) electrons. The van der Waals surface area contributed by atoms with E-state index in [0.29, 0.717) is 5.95 Å². The first-order valence-corrected chi connectivity index (χ1v) is 9.54. The molecule has 7 heteroatoms. The van der Waals surface area contributed by atoms with Gasteiger partial charge in [-0.25, -0.2) is 0 Å². The summed E-state index contributed by atoms with van der Waals surface area (Å²) in [5.41, 5.74) is 8.62. The van der Waals surface area contributed by atoms with Gasteiger partial charge in [0.1, 0.15) is 0 Å². The van der Waals surface area contributed by atoms with Gasteiger partial charge >= 0.3 is 5.97 Å². The van der Waals surface area contributed by atoms with Gasteiger partial charge in [0.25, 0.3) is 0 Å². The fraction of sp³-hybridized carbons (Fsp3) is 0.130. The minimum atomic E-state index is -0.362. The molecule has 1 aromatic heterocycles. The number of nitrogens with one attached hydrogen (secondary N) is 1. The van der Waals surface area contributed by atoms with Gasteiger partial charge < -0.3 is 15.8 Å². The van der Waals surface area contributed by atoms with E-state index in [2.05, 4.69) is 20.3 Å². The molecule has 3 aromatic carbocycles. The Kier molecular flexibility index (Phi) is 5.52. The van der Waals surface area contributed by atoms with Crippen molar-refractivity contribution in [3.05, 3.63) is 83.7 Å². The second-order valence-corrected chi connectivity index (χ2v) is 6.85. The van der Waals surface area contributed by atoms with Crippen LogP contribution in [0.5, 0.6) is 0 Å². The Morgan fingerprint density at radius 3 is 2.60 bits per heavy atom. The number of nitrogens with zero attached hydrogens (tertiary/aromatic N) is 3. The monoisotopic (exact) mass is 399 g/mol. The Hall–Kier alpha value is -4.00. The minimum Gasteiger partial charge on any atom is -0.457 e. The van der Waals surface area contributed by atoms with Gasteiger partial charge in [-0.2, -0.15) is 15.0 Å². The fourth-order valence-corrected chi connectivity index (χ4v) is 3.19. The van der Waals surface area contributed by atoms with Crippen molar-refractivity contribution in [1.82, 2.24) is 15.0 Å². The van der Waals surface area contributed by atoms with Crippen molar-refractivity contribution in [2.24, 2.45) is 0 Å². The van der Waals surface area contributed by atoms with Gasteiger partial charge in [0, 0.05) is 5.69 Å². The summed E-state index contributed by atoms with van der Waals surface area (Å²) in [6.07, 6.45) is 0.163. The first-order valence-electron chi connectivity index (χ1n) is 9.54. The Morgan fingerprint density at radius 1 is 0.967 bits per heavy atom. The lowest BCUT2D eigenvalue weighted by atomic mass is 10.0. The fourth-order valence-electron chi connectivity index (χ4n) is 3.19. The zero-order valence-corrected chi connectivity index (χ0v) is 16.5. The van der Waals surface area contributed by atoms with Gasteiger partial charge in [-0.3, -0.25) is 4.79 Å². The van der Waals surface area contributed by atoms with Crippen molar-refractivity contribution in [3.63, 3.8) is 0 Å². The first kappa shape index (κ1) is 19.3. The van der Waals surface area contributed by atoms with E-state index in [4.69, 9.17) is 10.5 Å². The Bertz CT molecular complexity index is 1200. The highest BCUT2D eigenvalue weighted by Crippen LogP contribution is 2.20. The quantitative estimate of drug-likeness (QED) is 0.473. The molecular formula is C23H21N5O2. The first-order chi connectivity index (χ1) is 14.6. The van der Waals surface area contributed by atoms with Crippen LogP contribution in [0.4, 0.5) is 17.6 Å². The lowest BCUT2D eigenvalue weighted by Crippen LogP contribution is -2.12. The maximum atomic E-state index is 12.4. The number of aryl methyl sites for hydroxylation is 1. The highest BCUT2D eigenvalue weighted by Gasteiger charge is 2.11. The number of nitrogen functional groups attached to an aromatic ring is 1. The number of rotatable bonds is 6. The molecule has 30 heavy (non-hydrogen) atoms. The molecule has 4 rings (SSSR count). The van der Waals surface area contributed by atoms with E-state index in [1.807, 2.05) is 73.7 Å². The average molecular weight is 399 g/mol. The Labute approximate surface area is 174 Å². The summed E-state index contributed by atoms with van der Waals surface area (Å²) in [7, 11) is 0. The predicted molar refractivity (Wildman–Crippen MR) is 116 cm³/mol. The highest BCUT2D eigenvalue weighted by molar-refractivity contribution is 5.88. The van der Waals surface area contributed by atoms with Crippen LogP contribution >= 0.6 is 0 Å². The number of para-hydroxylation sites is 1. The summed E-state index contributed by atoms with van der Waals surface area (Å²) in [4.78, 5) is 24.9. The van der Waals surface area contributed by atoms with Gasteiger partial charge in [0.15, 0.2) is 12.4 Å². The van der Waals surface area contributed by atoms with Gasteiger partial charge in [-0.15, -0.1) is 0 Å². The van der Waals surface area contributed by atoms with E-state index >= 15 is 0 Å². The molecule has 4 aromatic rings. The molecule has 3 N–H and O–H groups in total. The Balaban J connectivity index is 1.44. The minimum absolute atomic E-state index is 0.0567. The van der Waals surface area contributed by atoms with E-state index in [1.54, 1.807) is 0 Å². The van der Waals surface area contributed by atoms with Crippen LogP contribution in [0, 0.1) is 6.92 Å². The predicted octanol–water partition coefficient (Wildman–Crippen LogP) is 3.94. The van der Waals surface area contributed by atoms with Crippen LogP contribution in [0.15, 0.2) is 66.7 Å². The number of hydrogen-bond donors (Lipinski definition) is 2. The number of ether oxygens (including phenoxy) is 1. The molecule has 7 nitrogen and oxygen atoms in total. The molecule has 0 fully saturated rings. The molecule has 0 aliphatic carbocycles. The topological polar surface area (TPSA) is 103 Å². The van der Waals surface area contributed by atoms with Crippen LogP contribution in [-0.2, 0) is 22.6 Å². The van der Waals surface area contributed by atoms with Crippen molar-refractivity contribution < 1.29 is 9.53 Å². The second-order valence-electron chi connectivity index (χ2n) is 6.85. The van der Waals surface area contributed by atoms with E-state index < -0.39 is 0 Å². The number of anilines is 3. The standard InChI is InChI=1S/C23H21N5O2/c1-15-7-2-5-12-19(15)25-23-27-20(26-22(24)28-23)14-30-21(29)13-17-10-6-9-16-8-3-4-11-18(16)17/h2-12H,13-14H2,1H3,(H3,24,25,26,27,28). The van der Waals surface area contributed by atoms with Crippen molar-refractivity contribution in [2.45, 2.75) is 20.0 Å². The SMILES string of the molecule is Cc1ccccc1Nc1nc(N)nc(COC(=O)Cc2cccc3ccccc23)n1. The van der Waals surface area contributed by atoms with E-state index in [0.717, 1.165) is 27.6 Å². The number of benzene rings is 3. The third-order valence-electron chi connectivity index (χ3n) is 4.67. The molecule has 0 aliphatic heterocycles. The van der Waals surface area contributed by atoms with E-state index in [-0.39, 0.29) is 30.8 Å². The van der Waals surface area contributed by atoms with E-state index in [9.17, 15) is 4.79 Å². The Morgan fingerprint density at radius 2 is 1.73 bits per heavy atom. The second kappa shape index (κ2) is 8.57. The summed E-state index contributed by atoms with van der Waals surface area (Å²) < 4.78 is 5.39. The van der Waals surface area contributed by atoms with Crippen LogP contribution < -0.4 is 11.1 Å². The largest absolute Gasteiger partial charge is 0.457 e. The van der Waals surface area contributed by atoms with Crippen molar-refractivity contribution >= 4 is 34.3 Å². The van der Waals surface area contributed by atoms with Gasteiger partial charge in [-0.1, -0.05) is 60.7 Å². The van der Waals surface area contributed by atoms with Crippen LogP contribution in [0.1, 0.15) is 17.0 Å². The van der Waals surface area contributed by atoms with Crippen LogP contribution in [0.2, 0.25) is 0 Å². The van der Waals surface area contributed by atoms with Crippen LogP contribution in [0.25, 0.3) is 10.8 Å². The van der Waals surface area contributed by atoms with Crippen molar-refractivity contribution in [2.75, 3.05) is 11.1 Å². The highest BCUT2D eigenvalue weighted by atomic mass is 16.5. The summed E-state index contributed by atoms with van der Waals surface area (Å²) in [6.45, 7) is 1.89. The molecule has 0 bridgehead atoms. The molecule has 1 heterocycles. The maximum Gasteiger partial charge on any atom is 0.310 e. The number of carbonyl (C=O) groups excluding carboxylic acids is 1. The van der Waals surface area contributed by atoms with Gasteiger partial charge in [0.2, 0.25) is 11.9 Å². The molecule has 0 amide bonds. The number of fused-ring (bicyclic) bond motifs is 1. The molecule has 0 atom stereocenters. The molecule has 0 spiro atoms. The number of aromatic nitrogens is 3. The van der Waals surface area contributed by atoms with Crippen LogP contribution in [0.3, 0.4) is 0 Å².